The third-order valence-corrected chi connectivity index (χ3v) is 4.80. The Kier molecular flexibility index (Phi) is 5.45. The van der Waals surface area contributed by atoms with E-state index in [0.29, 0.717) is 6.54 Å². The van der Waals surface area contributed by atoms with Crippen molar-refractivity contribution in [3.8, 4) is 0 Å². The van der Waals surface area contributed by atoms with Crippen LogP contribution in [-0.2, 0) is 10.2 Å². The minimum absolute atomic E-state index is 0.141. The fourth-order valence-electron chi connectivity index (χ4n) is 3.10. The Morgan fingerprint density at radius 1 is 1.04 bits per heavy atom. The number of hydrogen-bond acceptors (Lipinski definition) is 4. The van der Waals surface area contributed by atoms with Crippen molar-refractivity contribution < 1.29 is 4.79 Å². The molecule has 0 atom stereocenters. The molecule has 1 aliphatic heterocycles. The first-order valence-corrected chi connectivity index (χ1v) is 9.22. The molecular weight excluding hydrogens is 324 g/mol. The van der Waals surface area contributed by atoms with Gasteiger partial charge in [-0.2, -0.15) is 0 Å². The minimum Gasteiger partial charge on any atom is -0.376 e. The van der Waals surface area contributed by atoms with E-state index in [1.165, 1.54) is 5.56 Å². The Balaban J connectivity index is 1.47. The van der Waals surface area contributed by atoms with E-state index in [-0.39, 0.29) is 11.3 Å². The topological polar surface area (TPSA) is 48.5 Å². The van der Waals surface area contributed by atoms with Crippen LogP contribution in [0.2, 0.25) is 0 Å². The van der Waals surface area contributed by atoms with Gasteiger partial charge in [-0.1, -0.05) is 39.0 Å². The molecule has 1 amide bonds. The lowest BCUT2D eigenvalue weighted by atomic mass is 9.87. The molecule has 0 bridgehead atoms. The number of benzene rings is 1. The number of nitrogens with one attached hydrogen (secondary N) is 1. The Morgan fingerprint density at radius 3 is 2.31 bits per heavy atom. The highest BCUT2D eigenvalue weighted by molar-refractivity contribution is 5.81. The van der Waals surface area contributed by atoms with E-state index in [4.69, 9.17) is 0 Å². The first-order chi connectivity index (χ1) is 12.4. The number of piperazine rings is 1. The number of rotatable bonds is 4. The lowest BCUT2D eigenvalue weighted by Crippen LogP contribution is -2.50. The Labute approximate surface area is 156 Å². The monoisotopic (exact) mass is 352 g/mol. The summed E-state index contributed by atoms with van der Waals surface area (Å²) in [5.41, 5.74) is 2.42. The average Bonchev–Trinajstić information content (AvgIpc) is 2.66. The van der Waals surface area contributed by atoms with Gasteiger partial charge in [0.1, 0.15) is 5.82 Å². The molecule has 2 aromatic rings. The Morgan fingerprint density at radius 2 is 1.73 bits per heavy atom. The maximum atomic E-state index is 12.5. The van der Waals surface area contributed by atoms with Crippen LogP contribution in [0.5, 0.6) is 0 Å². The van der Waals surface area contributed by atoms with E-state index in [1.54, 1.807) is 0 Å². The maximum Gasteiger partial charge on any atom is 0.241 e. The van der Waals surface area contributed by atoms with Crippen LogP contribution in [-0.4, -0.2) is 48.5 Å². The van der Waals surface area contributed by atoms with Crippen molar-refractivity contribution in [3.63, 3.8) is 0 Å². The summed E-state index contributed by atoms with van der Waals surface area (Å²) in [6.45, 7) is 10.0. The van der Waals surface area contributed by atoms with Crippen LogP contribution < -0.4 is 10.2 Å². The second-order valence-corrected chi connectivity index (χ2v) is 7.74. The average molecular weight is 352 g/mol. The van der Waals surface area contributed by atoms with Gasteiger partial charge in [0.25, 0.3) is 0 Å². The molecule has 1 saturated heterocycles. The molecule has 0 aliphatic carbocycles. The molecule has 0 unspecified atom stereocenters. The summed E-state index contributed by atoms with van der Waals surface area (Å²) in [6.07, 6.45) is 1.81. The number of nitrogens with zero attached hydrogens (tertiary/aromatic N) is 3. The molecule has 1 N–H and O–H groups in total. The largest absolute Gasteiger partial charge is 0.376 e. The summed E-state index contributed by atoms with van der Waals surface area (Å²) in [5.74, 6) is 1.13. The summed E-state index contributed by atoms with van der Waals surface area (Å²) in [4.78, 5) is 21.0. The second kappa shape index (κ2) is 7.77. The van der Waals surface area contributed by atoms with Gasteiger partial charge in [-0.3, -0.25) is 4.79 Å². The van der Waals surface area contributed by atoms with Crippen LogP contribution in [0.3, 0.4) is 0 Å². The summed E-state index contributed by atoms with van der Waals surface area (Å²) in [5, 5.41) is 3.25. The van der Waals surface area contributed by atoms with Crippen LogP contribution in [0, 0.1) is 0 Å². The lowest BCUT2D eigenvalue weighted by molar-refractivity contribution is -0.129. The molecule has 0 spiro atoms. The zero-order chi connectivity index (χ0) is 18.6. The van der Waals surface area contributed by atoms with Gasteiger partial charge in [-0.05, 0) is 35.2 Å². The smallest absolute Gasteiger partial charge is 0.241 e. The molecule has 1 aromatic heterocycles. The van der Waals surface area contributed by atoms with Gasteiger partial charge < -0.3 is 15.1 Å². The number of pyridine rings is 1. The fourth-order valence-corrected chi connectivity index (χ4v) is 3.10. The van der Waals surface area contributed by atoms with Gasteiger partial charge in [0, 0.05) is 38.1 Å². The number of carbonyl (C=O) groups is 1. The van der Waals surface area contributed by atoms with E-state index >= 15 is 0 Å². The molecule has 138 valence electrons. The molecule has 3 rings (SSSR count). The number of anilines is 2. The van der Waals surface area contributed by atoms with E-state index in [2.05, 4.69) is 48.1 Å². The van der Waals surface area contributed by atoms with Crippen LogP contribution >= 0.6 is 0 Å². The maximum absolute atomic E-state index is 12.5. The van der Waals surface area contributed by atoms with Crippen molar-refractivity contribution in [2.24, 2.45) is 0 Å². The molecular formula is C21H28N4O. The molecule has 1 aliphatic rings. The van der Waals surface area contributed by atoms with Crippen molar-refractivity contribution in [1.82, 2.24) is 9.88 Å². The van der Waals surface area contributed by atoms with Gasteiger partial charge in [-0.15, -0.1) is 0 Å². The molecule has 0 saturated carbocycles. The second-order valence-electron chi connectivity index (χ2n) is 7.74. The van der Waals surface area contributed by atoms with Crippen LogP contribution in [0.1, 0.15) is 26.3 Å². The van der Waals surface area contributed by atoms with Crippen molar-refractivity contribution in [2.45, 2.75) is 26.2 Å². The molecule has 0 radical (unpaired) electrons. The highest BCUT2D eigenvalue weighted by atomic mass is 16.2. The van der Waals surface area contributed by atoms with E-state index < -0.39 is 0 Å². The Bertz CT molecular complexity index is 714. The number of aromatic nitrogens is 1. The predicted molar refractivity (Wildman–Crippen MR) is 107 cm³/mol. The number of amides is 1. The third-order valence-electron chi connectivity index (χ3n) is 4.80. The highest BCUT2D eigenvalue weighted by Crippen LogP contribution is 2.23. The van der Waals surface area contributed by atoms with E-state index in [1.807, 2.05) is 41.4 Å². The summed E-state index contributed by atoms with van der Waals surface area (Å²) in [7, 11) is 0. The Hall–Kier alpha value is -2.56. The van der Waals surface area contributed by atoms with Crippen molar-refractivity contribution in [2.75, 3.05) is 42.9 Å². The van der Waals surface area contributed by atoms with Gasteiger partial charge in [0.05, 0.1) is 6.54 Å². The first-order valence-electron chi connectivity index (χ1n) is 9.22. The zero-order valence-corrected chi connectivity index (χ0v) is 15.9. The van der Waals surface area contributed by atoms with E-state index in [0.717, 1.165) is 37.7 Å². The lowest BCUT2D eigenvalue weighted by Gasteiger charge is -2.35. The van der Waals surface area contributed by atoms with Crippen LogP contribution in [0.4, 0.5) is 11.5 Å². The molecule has 2 heterocycles. The summed E-state index contributed by atoms with van der Waals surface area (Å²) >= 11 is 0. The molecule has 1 aromatic carbocycles. The quantitative estimate of drug-likeness (QED) is 0.918. The zero-order valence-electron chi connectivity index (χ0n) is 15.9. The normalized spacial score (nSPS) is 15.0. The van der Waals surface area contributed by atoms with Crippen LogP contribution in [0.25, 0.3) is 0 Å². The standard InChI is InChI=1S/C21H28N4O/c1-21(2,3)17-7-9-18(10-8-17)23-16-20(26)25-14-12-24(13-15-25)19-6-4-5-11-22-19/h4-11,23H,12-16H2,1-3H3. The molecule has 5 heteroatoms. The SMILES string of the molecule is CC(C)(C)c1ccc(NCC(=O)N2CCN(c3ccccn3)CC2)cc1. The van der Waals surface area contributed by atoms with Gasteiger partial charge >= 0.3 is 0 Å². The molecule has 5 nitrogen and oxygen atoms in total. The van der Waals surface area contributed by atoms with Crippen LogP contribution in [0.15, 0.2) is 48.7 Å². The molecule has 26 heavy (non-hydrogen) atoms. The predicted octanol–water partition coefficient (Wildman–Crippen LogP) is 3.14. The van der Waals surface area contributed by atoms with Gasteiger partial charge in [0.15, 0.2) is 0 Å². The molecule has 1 fully saturated rings. The number of carbonyl (C=O) groups excluding carboxylic acids is 1. The van der Waals surface area contributed by atoms with Crippen molar-refractivity contribution in [3.05, 3.63) is 54.2 Å². The van der Waals surface area contributed by atoms with Crippen molar-refractivity contribution in [1.29, 1.82) is 0 Å². The van der Waals surface area contributed by atoms with Gasteiger partial charge in [0.2, 0.25) is 5.91 Å². The minimum atomic E-state index is 0.141. The summed E-state index contributed by atoms with van der Waals surface area (Å²) < 4.78 is 0. The first kappa shape index (κ1) is 18.2. The third kappa shape index (κ3) is 4.54. The fraction of sp³-hybridized carbons (Fsp3) is 0.429. The summed E-state index contributed by atoms with van der Waals surface area (Å²) in [6, 6.07) is 14.3. The highest BCUT2D eigenvalue weighted by Gasteiger charge is 2.21. The van der Waals surface area contributed by atoms with Gasteiger partial charge in [-0.25, -0.2) is 4.98 Å². The van der Waals surface area contributed by atoms with Crippen molar-refractivity contribution >= 4 is 17.4 Å². The number of hydrogen-bond donors (Lipinski definition) is 1. The van der Waals surface area contributed by atoms with E-state index in [9.17, 15) is 4.79 Å².